The molecule has 2 aliphatic carbocycles. The molecule has 28 heavy (non-hydrogen) atoms. The molecule has 8 unspecified atom stereocenters. The maximum atomic E-state index is 13.3. The Balaban J connectivity index is 1.40. The molecule has 2 aliphatic heterocycles. The van der Waals surface area contributed by atoms with Crippen LogP contribution in [0.4, 0.5) is 0 Å². The summed E-state index contributed by atoms with van der Waals surface area (Å²) in [6.07, 6.45) is 8.28. The molecule has 0 spiro atoms. The number of carbonyl (C=O) groups excluding carboxylic acids is 2. The van der Waals surface area contributed by atoms with Gasteiger partial charge in [-0.15, -0.1) is 11.8 Å². The van der Waals surface area contributed by atoms with E-state index in [9.17, 15) is 9.59 Å². The van der Waals surface area contributed by atoms with Crippen LogP contribution in [-0.4, -0.2) is 54.3 Å². The van der Waals surface area contributed by atoms with E-state index in [-0.39, 0.29) is 23.4 Å². The zero-order chi connectivity index (χ0) is 19.7. The van der Waals surface area contributed by atoms with Crippen molar-refractivity contribution in [3.05, 3.63) is 0 Å². The molecule has 4 aliphatic rings. The van der Waals surface area contributed by atoms with Crippen LogP contribution in [0.2, 0.25) is 0 Å². The minimum absolute atomic E-state index is 0.0105. The lowest BCUT2D eigenvalue weighted by molar-refractivity contribution is -0.130. The molecule has 8 atom stereocenters. The molecule has 3 N–H and O–H groups in total. The van der Waals surface area contributed by atoms with Crippen molar-refractivity contribution in [3.63, 3.8) is 0 Å². The van der Waals surface area contributed by atoms with Gasteiger partial charge in [0.2, 0.25) is 5.91 Å². The number of hydrogen-bond acceptors (Lipinski definition) is 6. The van der Waals surface area contributed by atoms with Crippen LogP contribution in [0.15, 0.2) is 0 Å². The highest BCUT2D eigenvalue weighted by atomic mass is 32.2. The van der Waals surface area contributed by atoms with Gasteiger partial charge in [0, 0.05) is 43.8 Å². The Hall–Kier alpha value is -0.630. The first-order valence-electron chi connectivity index (χ1n) is 11.0. The quantitative estimate of drug-likeness (QED) is 0.659. The first-order chi connectivity index (χ1) is 13.5. The van der Waals surface area contributed by atoms with Crippen LogP contribution in [0, 0.1) is 17.8 Å². The van der Waals surface area contributed by atoms with Crippen molar-refractivity contribution in [2.24, 2.45) is 17.8 Å². The van der Waals surface area contributed by atoms with E-state index < -0.39 is 0 Å². The fourth-order valence-electron chi connectivity index (χ4n) is 5.83. The maximum Gasteiger partial charge on any atom is 0.226 e. The van der Waals surface area contributed by atoms with Gasteiger partial charge in [-0.25, -0.2) is 0 Å². The van der Waals surface area contributed by atoms with Gasteiger partial charge in [-0.2, -0.15) is 0 Å². The van der Waals surface area contributed by atoms with Gasteiger partial charge >= 0.3 is 0 Å². The molecule has 6 nitrogen and oxygen atoms in total. The number of nitrogens with one attached hydrogen (secondary N) is 3. The Morgan fingerprint density at radius 2 is 2.04 bits per heavy atom. The lowest BCUT2D eigenvalue weighted by Gasteiger charge is -2.44. The summed E-state index contributed by atoms with van der Waals surface area (Å²) < 4.78 is 5.83. The summed E-state index contributed by atoms with van der Waals surface area (Å²) >= 11 is 1.72. The van der Waals surface area contributed by atoms with E-state index in [1.165, 1.54) is 19.3 Å². The lowest BCUT2D eigenvalue weighted by atomic mass is 9.68. The number of fused-ring (bicyclic) bond motifs is 1. The average Bonchev–Trinajstić information content (AvgIpc) is 3.09. The van der Waals surface area contributed by atoms with E-state index in [2.05, 4.69) is 22.9 Å². The van der Waals surface area contributed by atoms with Gasteiger partial charge in [0.1, 0.15) is 11.3 Å². The zero-order valence-electron chi connectivity index (χ0n) is 17.1. The zero-order valence-corrected chi connectivity index (χ0v) is 17.9. The smallest absolute Gasteiger partial charge is 0.226 e. The molecule has 0 aromatic carbocycles. The summed E-state index contributed by atoms with van der Waals surface area (Å²) in [7, 11) is 1.82. The molecule has 4 fully saturated rings. The van der Waals surface area contributed by atoms with Crippen molar-refractivity contribution in [2.75, 3.05) is 13.7 Å². The average molecular weight is 410 g/mol. The summed E-state index contributed by atoms with van der Waals surface area (Å²) in [5.74, 6) is 1.35. The Morgan fingerprint density at radius 3 is 2.86 bits per heavy atom. The topological polar surface area (TPSA) is 79.5 Å². The van der Waals surface area contributed by atoms with Gasteiger partial charge in [-0.05, 0) is 44.4 Å². The second-order valence-corrected chi connectivity index (χ2v) is 10.5. The molecule has 0 aromatic rings. The van der Waals surface area contributed by atoms with Gasteiger partial charge in [-0.3, -0.25) is 14.9 Å². The fourth-order valence-corrected chi connectivity index (χ4v) is 7.30. The number of ether oxygens (including phenoxy) is 1. The van der Waals surface area contributed by atoms with Crippen molar-refractivity contribution in [1.82, 2.24) is 16.0 Å². The van der Waals surface area contributed by atoms with E-state index in [0.717, 1.165) is 25.8 Å². The molecule has 2 saturated heterocycles. The lowest BCUT2D eigenvalue weighted by Crippen LogP contribution is -2.55. The predicted molar refractivity (Wildman–Crippen MR) is 111 cm³/mol. The molecular formula is C21H35N3O3S. The monoisotopic (exact) mass is 409 g/mol. The SMILES string of the molecule is COC1CCCCC1C1CC(C)NCC1C(=O)NC1NC2CCC(=O)CC2S1. The number of Topliss-reactive ketones (excluding diaryl/α,β-unsaturated/α-hetero) is 1. The molecule has 0 aromatic heterocycles. The molecule has 4 rings (SSSR count). The van der Waals surface area contributed by atoms with E-state index >= 15 is 0 Å². The molecule has 1 amide bonds. The number of thioether (sulfide) groups is 1. The van der Waals surface area contributed by atoms with Crippen LogP contribution in [0.3, 0.4) is 0 Å². The van der Waals surface area contributed by atoms with Crippen LogP contribution >= 0.6 is 11.8 Å². The van der Waals surface area contributed by atoms with Crippen LogP contribution < -0.4 is 16.0 Å². The van der Waals surface area contributed by atoms with Gasteiger partial charge < -0.3 is 15.4 Å². The highest BCUT2D eigenvalue weighted by Crippen LogP contribution is 2.40. The standard InChI is InChI=1S/C21H35N3O3S/c1-12-9-15(14-5-3-4-6-18(14)27-2)16(11-22-12)20(26)24-21-23-17-8-7-13(25)10-19(17)28-21/h12,14-19,21-23H,3-11H2,1-2H3,(H,24,26). The fraction of sp³-hybridized carbons (Fsp3) is 0.905. The number of piperidine rings is 1. The number of hydrogen-bond donors (Lipinski definition) is 3. The second kappa shape index (κ2) is 9.02. The third kappa shape index (κ3) is 4.42. The van der Waals surface area contributed by atoms with E-state index in [1.54, 1.807) is 11.8 Å². The van der Waals surface area contributed by atoms with E-state index in [1.807, 2.05) is 7.11 Å². The number of carbonyl (C=O) groups is 2. The maximum absolute atomic E-state index is 13.3. The molecule has 0 bridgehead atoms. The van der Waals surface area contributed by atoms with Crippen LogP contribution in [-0.2, 0) is 14.3 Å². The first kappa shape index (κ1) is 20.6. The predicted octanol–water partition coefficient (Wildman–Crippen LogP) is 2.03. The summed E-state index contributed by atoms with van der Waals surface area (Å²) in [5, 5.41) is 10.6. The Bertz CT molecular complexity index is 589. The van der Waals surface area contributed by atoms with Gasteiger partial charge in [-0.1, -0.05) is 12.8 Å². The van der Waals surface area contributed by atoms with Gasteiger partial charge in [0.25, 0.3) is 0 Å². The normalized spacial score (nSPS) is 44.1. The Labute approximate surface area is 172 Å². The number of methoxy groups -OCH3 is 1. The van der Waals surface area contributed by atoms with E-state index in [4.69, 9.17) is 4.74 Å². The minimum Gasteiger partial charge on any atom is -0.381 e. The van der Waals surface area contributed by atoms with Crippen molar-refractivity contribution in [2.45, 2.75) is 87.2 Å². The van der Waals surface area contributed by atoms with Crippen LogP contribution in [0.1, 0.15) is 58.3 Å². The third-order valence-electron chi connectivity index (χ3n) is 7.33. The van der Waals surface area contributed by atoms with Crippen molar-refractivity contribution >= 4 is 23.5 Å². The van der Waals surface area contributed by atoms with Crippen molar-refractivity contribution < 1.29 is 14.3 Å². The Morgan fingerprint density at radius 1 is 1.21 bits per heavy atom. The van der Waals surface area contributed by atoms with Crippen LogP contribution in [0.25, 0.3) is 0 Å². The highest BCUT2D eigenvalue weighted by molar-refractivity contribution is 8.00. The van der Waals surface area contributed by atoms with Gasteiger partial charge in [0.05, 0.1) is 12.0 Å². The molecular weight excluding hydrogens is 374 g/mol. The molecule has 2 saturated carbocycles. The van der Waals surface area contributed by atoms with Crippen LogP contribution in [0.5, 0.6) is 0 Å². The second-order valence-electron chi connectivity index (χ2n) is 9.16. The summed E-state index contributed by atoms with van der Waals surface area (Å²) in [5.41, 5.74) is -0.0713. The molecule has 0 radical (unpaired) electrons. The van der Waals surface area contributed by atoms with E-state index in [0.29, 0.717) is 47.8 Å². The number of rotatable bonds is 4. The number of amides is 1. The number of ketones is 1. The van der Waals surface area contributed by atoms with Crippen molar-refractivity contribution in [3.8, 4) is 0 Å². The molecule has 158 valence electrons. The molecule has 7 heteroatoms. The van der Waals surface area contributed by atoms with Gasteiger partial charge in [0.15, 0.2) is 0 Å². The molecule has 2 heterocycles. The highest BCUT2D eigenvalue weighted by Gasteiger charge is 2.44. The minimum atomic E-state index is -0.0713. The Kier molecular flexibility index (Phi) is 6.65. The third-order valence-corrected chi connectivity index (χ3v) is 8.70. The van der Waals surface area contributed by atoms with Crippen molar-refractivity contribution in [1.29, 1.82) is 0 Å². The first-order valence-corrected chi connectivity index (χ1v) is 12.0. The largest absolute Gasteiger partial charge is 0.381 e. The summed E-state index contributed by atoms with van der Waals surface area (Å²) in [6.45, 7) is 2.97. The summed E-state index contributed by atoms with van der Waals surface area (Å²) in [4.78, 5) is 25.0. The summed E-state index contributed by atoms with van der Waals surface area (Å²) in [6, 6.07) is 0.797.